The van der Waals surface area contributed by atoms with Crippen molar-refractivity contribution in [3.8, 4) is 16.9 Å². The molecule has 0 saturated heterocycles. The van der Waals surface area contributed by atoms with Crippen molar-refractivity contribution in [1.82, 2.24) is 5.32 Å². The number of rotatable bonds is 4. The molecular weight excluding hydrogens is 405 g/mol. The molecule has 1 aliphatic carbocycles. The second-order valence-corrected chi connectivity index (χ2v) is 7.65. The molecule has 1 aliphatic rings. The maximum atomic E-state index is 14.5. The maximum Gasteiger partial charge on any atom is 0.417 e. The zero-order valence-electron chi connectivity index (χ0n) is 16.6. The predicted molar refractivity (Wildman–Crippen MR) is 102 cm³/mol. The number of alkyl halides is 3. The molecule has 1 saturated carbocycles. The first-order chi connectivity index (χ1) is 14.1. The number of carbonyl (C=O) groups is 1. The minimum Gasteiger partial charge on any atom is -0.497 e. The van der Waals surface area contributed by atoms with E-state index in [1.54, 1.807) is 0 Å². The second-order valence-electron chi connectivity index (χ2n) is 7.65. The van der Waals surface area contributed by atoms with Crippen LogP contribution >= 0.6 is 0 Å². The van der Waals surface area contributed by atoms with Crippen LogP contribution in [0.15, 0.2) is 30.3 Å². The predicted octanol–water partition coefficient (Wildman–Crippen LogP) is 5.97. The van der Waals surface area contributed by atoms with E-state index in [4.69, 9.17) is 4.74 Å². The largest absolute Gasteiger partial charge is 0.497 e. The van der Waals surface area contributed by atoms with Gasteiger partial charge in [-0.3, -0.25) is 4.79 Å². The molecule has 1 N–H and O–H groups in total. The third kappa shape index (κ3) is 4.74. The molecule has 162 valence electrons. The summed E-state index contributed by atoms with van der Waals surface area (Å²) in [5, 5.41) is 2.81. The van der Waals surface area contributed by atoms with E-state index in [2.05, 4.69) is 12.2 Å². The maximum absolute atomic E-state index is 14.5. The topological polar surface area (TPSA) is 38.3 Å². The van der Waals surface area contributed by atoms with E-state index in [1.807, 2.05) is 0 Å². The summed E-state index contributed by atoms with van der Waals surface area (Å²) in [6, 6.07) is 4.11. The molecule has 0 bridgehead atoms. The van der Waals surface area contributed by atoms with Gasteiger partial charge in [-0.2, -0.15) is 13.2 Å². The van der Waals surface area contributed by atoms with Gasteiger partial charge in [0.15, 0.2) is 0 Å². The van der Waals surface area contributed by atoms with Gasteiger partial charge in [0.05, 0.1) is 18.2 Å². The molecule has 1 fully saturated rings. The highest BCUT2D eigenvalue weighted by Crippen LogP contribution is 2.40. The number of benzene rings is 2. The van der Waals surface area contributed by atoms with E-state index >= 15 is 0 Å². The minimum atomic E-state index is -4.86. The van der Waals surface area contributed by atoms with Crippen molar-refractivity contribution in [2.45, 2.75) is 44.8 Å². The average molecular weight is 427 g/mol. The number of carbonyl (C=O) groups excluding carboxylic acids is 1. The normalized spacial score (nSPS) is 19.4. The van der Waals surface area contributed by atoms with Gasteiger partial charge in [0, 0.05) is 29.3 Å². The van der Waals surface area contributed by atoms with Crippen molar-refractivity contribution in [2.75, 3.05) is 7.11 Å². The highest BCUT2D eigenvalue weighted by molar-refractivity contribution is 5.96. The molecule has 1 amide bonds. The van der Waals surface area contributed by atoms with Crippen LogP contribution in [0.4, 0.5) is 22.0 Å². The molecule has 0 aromatic heterocycles. The molecule has 0 spiro atoms. The Morgan fingerprint density at radius 3 is 2.17 bits per heavy atom. The van der Waals surface area contributed by atoms with Crippen LogP contribution in [0.1, 0.15) is 48.5 Å². The van der Waals surface area contributed by atoms with Crippen LogP contribution in [0, 0.1) is 17.6 Å². The molecular formula is C22H22F5NO2. The van der Waals surface area contributed by atoms with E-state index < -0.39 is 40.4 Å². The highest BCUT2D eigenvalue weighted by atomic mass is 19.4. The van der Waals surface area contributed by atoms with Crippen LogP contribution in [0.25, 0.3) is 11.1 Å². The number of ether oxygens (including phenoxy) is 1. The molecule has 0 aliphatic heterocycles. The quantitative estimate of drug-likeness (QED) is 0.611. The summed E-state index contributed by atoms with van der Waals surface area (Å²) in [5.41, 5.74) is -2.91. The first-order valence-corrected chi connectivity index (χ1v) is 9.65. The van der Waals surface area contributed by atoms with Gasteiger partial charge < -0.3 is 10.1 Å². The summed E-state index contributed by atoms with van der Waals surface area (Å²) < 4.78 is 74.3. The Labute approximate surface area is 171 Å². The van der Waals surface area contributed by atoms with E-state index in [0.717, 1.165) is 49.9 Å². The number of hydrogen-bond donors (Lipinski definition) is 1. The van der Waals surface area contributed by atoms with E-state index in [1.165, 1.54) is 7.11 Å². The summed E-state index contributed by atoms with van der Waals surface area (Å²) in [4.78, 5) is 12.6. The van der Waals surface area contributed by atoms with Crippen LogP contribution < -0.4 is 10.1 Å². The molecule has 3 rings (SSSR count). The Bertz CT molecular complexity index is 911. The number of methoxy groups -OCH3 is 1. The Hall–Kier alpha value is -2.64. The molecule has 0 heterocycles. The molecule has 30 heavy (non-hydrogen) atoms. The van der Waals surface area contributed by atoms with Crippen LogP contribution in [-0.2, 0) is 6.18 Å². The fourth-order valence-corrected chi connectivity index (χ4v) is 3.74. The van der Waals surface area contributed by atoms with E-state index in [-0.39, 0.29) is 17.4 Å². The SMILES string of the molecule is COc1cc(F)c(-c2cc(C(=O)NC3CCC(C)CC3)ccc2C(F)(F)F)c(F)c1. The Balaban J connectivity index is 2.01. The Morgan fingerprint density at radius 2 is 1.63 bits per heavy atom. The van der Waals surface area contributed by atoms with Crippen molar-refractivity contribution < 1.29 is 31.5 Å². The van der Waals surface area contributed by atoms with Gasteiger partial charge in [0.2, 0.25) is 0 Å². The van der Waals surface area contributed by atoms with Gasteiger partial charge in [0.25, 0.3) is 5.91 Å². The zero-order valence-corrected chi connectivity index (χ0v) is 16.6. The van der Waals surface area contributed by atoms with Crippen molar-refractivity contribution in [3.63, 3.8) is 0 Å². The molecule has 0 radical (unpaired) electrons. The van der Waals surface area contributed by atoms with Gasteiger partial charge in [-0.1, -0.05) is 6.92 Å². The monoisotopic (exact) mass is 427 g/mol. The smallest absolute Gasteiger partial charge is 0.417 e. The van der Waals surface area contributed by atoms with Gasteiger partial charge in [-0.05, 0) is 49.8 Å². The highest BCUT2D eigenvalue weighted by Gasteiger charge is 2.36. The van der Waals surface area contributed by atoms with Crippen LogP contribution in [-0.4, -0.2) is 19.1 Å². The lowest BCUT2D eigenvalue weighted by Crippen LogP contribution is -2.37. The van der Waals surface area contributed by atoms with Crippen LogP contribution in [0.3, 0.4) is 0 Å². The summed E-state index contributed by atoms with van der Waals surface area (Å²) in [7, 11) is 1.19. The molecule has 0 atom stereocenters. The van der Waals surface area contributed by atoms with Crippen molar-refractivity contribution in [1.29, 1.82) is 0 Å². The first-order valence-electron chi connectivity index (χ1n) is 9.65. The number of hydrogen-bond acceptors (Lipinski definition) is 2. The van der Waals surface area contributed by atoms with Crippen LogP contribution in [0.2, 0.25) is 0 Å². The lowest BCUT2D eigenvalue weighted by atomic mass is 9.87. The van der Waals surface area contributed by atoms with Gasteiger partial charge in [-0.15, -0.1) is 0 Å². The fraction of sp³-hybridized carbons (Fsp3) is 0.409. The average Bonchev–Trinajstić information content (AvgIpc) is 2.68. The van der Waals surface area contributed by atoms with Crippen molar-refractivity contribution in [2.24, 2.45) is 5.92 Å². The summed E-state index contributed by atoms with van der Waals surface area (Å²) in [6.07, 6.45) is -1.40. The number of halogens is 5. The molecule has 3 nitrogen and oxygen atoms in total. The lowest BCUT2D eigenvalue weighted by molar-refractivity contribution is -0.137. The third-order valence-corrected chi connectivity index (χ3v) is 5.46. The molecule has 2 aromatic rings. The van der Waals surface area contributed by atoms with Gasteiger partial charge in [-0.25, -0.2) is 8.78 Å². The minimum absolute atomic E-state index is 0.0751. The van der Waals surface area contributed by atoms with Gasteiger partial charge >= 0.3 is 6.18 Å². The van der Waals surface area contributed by atoms with Crippen molar-refractivity contribution in [3.05, 3.63) is 53.1 Å². The summed E-state index contributed by atoms with van der Waals surface area (Å²) in [6.45, 7) is 2.12. The van der Waals surface area contributed by atoms with Crippen LogP contribution in [0.5, 0.6) is 5.75 Å². The molecule has 8 heteroatoms. The molecule has 2 aromatic carbocycles. The number of nitrogens with one attached hydrogen (secondary N) is 1. The summed E-state index contributed by atoms with van der Waals surface area (Å²) in [5.74, 6) is -2.59. The Morgan fingerprint density at radius 1 is 1.03 bits per heavy atom. The third-order valence-electron chi connectivity index (χ3n) is 5.46. The lowest BCUT2D eigenvalue weighted by Gasteiger charge is -2.27. The molecule has 0 unspecified atom stereocenters. The van der Waals surface area contributed by atoms with Gasteiger partial charge in [0.1, 0.15) is 17.4 Å². The van der Waals surface area contributed by atoms with E-state index in [9.17, 15) is 26.7 Å². The Kier molecular flexibility index (Phi) is 6.33. The standard InChI is InChI=1S/C22H22F5NO2/c1-12-3-6-14(7-4-12)28-21(29)13-5-8-17(22(25,26)27)16(9-13)20-18(23)10-15(30-2)11-19(20)24/h5,8-12,14H,3-4,6-7H2,1-2H3,(H,28,29). The first kappa shape index (κ1) is 22.1. The van der Waals surface area contributed by atoms with E-state index in [0.29, 0.717) is 12.0 Å². The van der Waals surface area contributed by atoms with Crippen molar-refractivity contribution >= 4 is 5.91 Å². The number of amides is 1. The fourth-order valence-electron chi connectivity index (χ4n) is 3.74. The second kappa shape index (κ2) is 8.62. The summed E-state index contributed by atoms with van der Waals surface area (Å²) >= 11 is 0. The zero-order chi connectivity index (χ0) is 22.1.